The molecule has 26 heavy (non-hydrogen) atoms. The zero-order chi connectivity index (χ0) is 18.5. The first-order valence-corrected chi connectivity index (χ1v) is 8.65. The van der Waals surface area contributed by atoms with Crippen molar-refractivity contribution in [2.45, 2.75) is 25.7 Å². The summed E-state index contributed by atoms with van der Waals surface area (Å²) in [5, 5.41) is 3.33. The van der Waals surface area contributed by atoms with Gasteiger partial charge in [0.1, 0.15) is 11.6 Å². The van der Waals surface area contributed by atoms with E-state index in [1.54, 1.807) is 21.3 Å². The van der Waals surface area contributed by atoms with Crippen molar-refractivity contribution in [3.8, 4) is 17.2 Å². The van der Waals surface area contributed by atoms with E-state index in [1.807, 2.05) is 25.1 Å². The number of anilines is 2. The normalized spacial score (nSPS) is 14.8. The van der Waals surface area contributed by atoms with E-state index in [-0.39, 0.29) is 0 Å². The molecule has 1 aliphatic rings. The molecule has 0 radical (unpaired) electrons. The number of benzene rings is 1. The summed E-state index contributed by atoms with van der Waals surface area (Å²) in [7, 11) is 4.78. The number of ether oxygens (including phenoxy) is 4. The lowest BCUT2D eigenvalue weighted by molar-refractivity contribution is 0.0844. The molecule has 2 aromatic rings. The molecule has 0 unspecified atom stereocenters. The van der Waals surface area contributed by atoms with E-state index >= 15 is 0 Å². The van der Waals surface area contributed by atoms with Crippen LogP contribution in [-0.2, 0) is 4.74 Å². The van der Waals surface area contributed by atoms with Gasteiger partial charge in [-0.3, -0.25) is 0 Å². The van der Waals surface area contributed by atoms with E-state index in [9.17, 15) is 0 Å². The molecule has 1 aliphatic heterocycles. The van der Waals surface area contributed by atoms with Crippen LogP contribution >= 0.6 is 0 Å². The fourth-order valence-corrected chi connectivity index (χ4v) is 3.16. The third kappa shape index (κ3) is 3.99. The minimum absolute atomic E-state index is 0.408. The quantitative estimate of drug-likeness (QED) is 0.846. The number of hydrogen-bond donors (Lipinski definition) is 1. The predicted octanol–water partition coefficient (Wildman–Crippen LogP) is 3.45. The lowest BCUT2D eigenvalue weighted by Crippen LogP contribution is -2.16. The average molecular weight is 359 g/mol. The van der Waals surface area contributed by atoms with Crippen molar-refractivity contribution < 1.29 is 18.9 Å². The van der Waals surface area contributed by atoms with Crippen molar-refractivity contribution in [1.29, 1.82) is 0 Å². The van der Waals surface area contributed by atoms with Crippen LogP contribution in [0.15, 0.2) is 18.2 Å². The first-order valence-electron chi connectivity index (χ1n) is 8.65. The zero-order valence-corrected chi connectivity index (χ0v) is 15.7. The highest BCUT2D eigenvalue weighted by Gasteiger charge is 2.19. The summed E-state index contributed by atoms with van der Waals surface area (Å²) in [5.41, 5.74) is 1.85. The second-order valence-corrected chi connectivity index (χ2v) is 6.15. The molecule has 7 nitrogen and oxygen atoms in total. The largest absolute Gasteiger partial charge is 0.493 e. The number of nitrogens with one attached hydrogen (secondary N) is 1. The van der Waals surface area contributed by atoms with Gasteiger partial charge in [0.2, 0.25) is 5.75 Å². The van der Waals surface area contributed by atoms with Crippen molar-refractivity contribution in [2.75, 3.05) is 39.9 Å². The molecule has 1 saturated heterocycles. The van der Waals surface area contributed by atoms with E-state index in [0.717, 1.165) is 49.1 Å². The molecule has 0 atom stereocenters. The summed E-state index contributed by atoms with van der Waals surface area (Å²) in [4.78, 5) is 9.13. The number of rotatable bonds is 6. The van der Waals surface area contributed by atoms with Crippen LogP contribution in [0.1, 0.15) is 30.3 Å². The Hall–Kier alpha value is -2.54. The summed E-state index contributed by atoms with van der Waals surface area (Å²) in [6, 6.07) is 5.71. The molecule has 1 N–H and O–H groups in total. The molecule has 140 valence electrons. The van der Waals surface area contributed by atoms with Crippen molar-refractivity contribution in [3.63, 3.8) is 0 Å². The van der Waals surface area contributed by atoms with Crippen molar-refractivity contribution in [3.05, 3.63) is 29.7 Å². The predicted molar refractivity (Wildman–Crippen MR) is 98.9 cm³/mol. The first kappa shape index (κ1) is 18.3. The molecule has 1 aromatic heterocycles. The maximum Gasteiger partial charge on any atom is 0.203 e. The lowest BCUT2D eigenvalue weighted by Gasteiger charge is -2.22. The Labute approximate surface area is 153 Å². The van der Waals surface area contributed by atoms with Gasteiger partial charge in [0, 0.05) is 48.7 Å². The van der Waals surface area contributed by atoms with Gasteiger partial charge in [0.15, 0.2) is 11.5 Å². The van der Waals surface area contributed by atoms with E-state index < -0.39 is 0 Å². The molecule has 1 fully saturated rings. The van der Waals surface area contributed by atoms with Crippen LogP contribution in [0.25, 0.3) is 0 Å². The van der Waals surface area contributed by atoms with E-state index in [4.69, 9.17) is 18.9 Å². The Morgan fingerprint density at radius 3 is 2.19 bits per heavy atom. The Morgan fingerprint density at radius 2 is 1.62 bits per heavy atom. The van der Waals surface area contributed by atoms with Crippen LogP contribution in [0.2, 0.25) is 0 Å². The van der Waals surface area contributed by atoms with E-state index in [2.05, 4.69) is 15.3 Å². The summed E-state index contributed by atoms with van der Waals surface area (Å²) >= 11 is 0. The molecule has 7 heteroatoms. The topological polar surface area (TPSA) is 74.7 Å². The highest BCUT2D eigenvalue weighted by molar-refractivity contribution is 5.66. The van der Waals surface area contributed by atoms with Gasteiger partial charge in [-0.05, 0) is 19.8 Å². The molecule has 1 aromatic carbocycles. The zero-order valence-electron chi connectivity index (χ0n) is 15.7. The van der Waals surface area contributed by atoms with Gasteiger partial charge in [-0.2, -0.15) is 0 Å². The monoisotopic (exact) mass is 359 g/mol. The van der Waals surface area contributed by atoms with Crippen LogP contribution in [0.3, 0.4) is 0 Å². The molecule has 0 amide bonds. The highest BCUT2D eigenvalue weighted by Crippen LogP contribution is 2.40. The molecule has 3 rings (SSSR count). The van der Waals surface area contributed by atoms with Crippen molar-refractivity contribution in [1.82, 2.24) is 9.97 Å². The molecular formula is C19H25N3O4. The second kappa shape index (κ2) is 8.23. The van der Waals surface area contributed by atoms with Crippen LogP contribution in [0.4, 0.5) is 11.5 Å². The van der Waals surface area contributed by atoms with Gasteiger partial charge in [-0.15, -0.1) is 0 Å². The second-order valence-electron chi connectivity index (χ2n) is 6.15. The Kier molecular flexibility index (Phi) is 5.78. The number of methoxy groups -OCH3 is 3. The van der Waals surface area contributed by atoms with Gasteiger partial charge < -0.3 is 24.3 Å². The van der Waals surface area contributed by atoms with Gasteiger partial charge in [0.05, 0.1) is 21.3 Å². The van der Waals surface area contributed by atoms with E-state index in [1.165, 1.54) is 0 Å². The minimum Gasteiger partial charge on any atom is -0.493 e. The number of aryl methyl sites for hydroxylation is 1. The maximum absolute atomic E-state index is 5.45. The standard InChI is InChI=1S/C19H25N3O4/c1-12-20-15(13-5-7-26-8-6-13)11-18(21-12)22-14-9-16(23-2)19(25-4)17(10-14)24-3/h9-11,13H,5-8H2,1-4H3,(H,20,21,22). The fourth-order valence-electron chi connectivity index (χ4n) is 3.16. The van der Waals surface area contributed by atoms with Crippen molar-refractivity contribution in [2.24, 2.45) is 0 Å². The molecule has 0 saturated carbocycles. The third-order valence-corrected chi connectivity index (χ3v) is 4.43. The molecule has 0 spiro atoms. The Balaban J connectivity index is 1.89. The smallest absolute Gasteiger partial charge is 0.203 e. The van der Waals surface area contributed by atoms with Crippen molar-refractivity contribution >= 4 is 11.5 Å². The van der Waals surface area contributed by atoms with Crippen LogP contribution in [0.5, 0.6) is 17.2 Å². The van der Waals surface area contributed by atoms with Crippen LogP contribution in [0, 0.1) is 6.92 Å². The van der Waals surface area contributed by atoms with Crippen LogP contribution in [-0.4, -0.2) is 44.5 Å². The summed E-state index contributed by atoms with van der Waals surface area (Å²) < 4.78 is 21.6. The van der Waals surface area contributed by atoms with Gasteiger partial charge in [-0.1, -0.05) is 0 Å². The van der Waals surface area contributed by atoms with Gasteiger partial charge >= 0.3 is 0 Å². The summed E-state index contributed by atoms with van der Waals surface area (Å²) in [6.07, 6.45) is 1.97. The number of nitrogens with zero attached hydrogens (tertiary/aromatic N) is 2. The fraction of sp³-hybridized carbons (Fsp3) is 0.474. The SMILES string of the molecule is COc1cc(Nc2cc(C3CCOCC3)nc(C)n2)cc(OC)c1OC. The minimum atomic E-state index is 0.408. The molecule has 0 bridgehead atoms. The number of hydrogen-bond acceptors (Lipinski definition) is 7. The molecule has 2 heterocycles. The molecular weight excluding hydrogens is 334 g/mol. The van der Waals surface area contributed by atoms with E-state index in [0.29, 0.717) is 23.2 Å². The molecule has 0 aliphatic carbocycles. The third-order valence-electron chi connectivity index (χ3n) is 4.43. The van der Waals surface area contributed by atoms with Crippen LogP contribution < -0.4 is 19.5 Å². The summed E-state index contributed by atoms with van der Waals surface area (Å²) in [6.45, 7) is 3.47. The maximum atomic E-state index is 5.45. The first-order chi connectivity index (χ1) is 12.6. The van der Waals surface area contributed by atoms with Gasteiger partial charge in [0.25, 0.3) is 0 Å². The summed E-state index contributed by atoms with van der Waals surface area (Å²) in [5.74, 6) is 3.63. The Bertz CT molecular complexity index is 735. The average Bonchev–Trinajstić information content (AvgIpc) is 2.67. The highest BCUT2D eigenvalue weighted by atomic mass is 16.5. The number of aromatic nitrogens is 2. The lowest BCUT2D eigenvalue weighted by atomic mass is 9.96. The Morgan fingerprint density at radius 1 is 0.962 bits per heavy atom. The van der Waals surface area contributed by atoms with Gasteiger partial charge in [-0.25, -0.2) is 9.97 Å².